The predicted molar refractivity (Wildman–Crippen MR) is 65.3 cm³/mol. The van der Waals surface area contributed by atoms with Crippen molar-refractivity contribution in [1.82, 2.24) is 4.98 Å². The first-order valence-corrected chi connectivity index (χ1v) is 5.19. The fourth-order valence-electron chi connectivity index (χ4n) is 1.58. The zero-order valence-electron chi connectivity index (χ0n) is 8.81. The Bertz CT molecular complexity index is 569. The highest BCUT2D eigenvalue weighted by Gasteiger charge is 1.94. The molecule has 3 nitrogen and oxygen atoms in total. The molecule has 0 saturated heterocycles. The Morgan fingerprint density at radius 1 is 1.25 bits per heavy atom. The van der Waals surface area contributed by atoms with Gasteiger partial charge in [-0.15, -0.1) is 0 Å². The van der Waals surface area contributed by atoms with Gasteiger partial charge in [-0.2, -0.15) is 0 Å². The second kappa shape index (κ2) is 4.77. The molecule has 2 rings (SSSR count). The summed E-state index contributed by atoms with van der Waals surface area (Å²) in [6, 6.07) is 7.48. The second-order valence-corrected chi connectivity index (χ2v) is 3.60. The van der Waals surface area contributed by atoms with Crippen molar-refractivity contribution in [2.24, 2.45) is 0 Å². The van der Waals surface area contributed by atoms with Crippen molar-refractivity contribution in [2.75, 3.05) is 6.61 Å². The van der Waals surface area contributed by atoms with E-state index in [-0.39, 0.29) is 12.2 Å². The topological polar surface area (TPSA) is 53.1 Å². The summed E-state index contributed by atoms with van der Waals surface area (Å²) in [5.41, 5.74) is 0.940. The summed E-state index contributed by atoms with van der Waals surface area (Å²) < 4.78 is 0. The van der Waals surface area contributed by atoms with Gasteiger partial charge in [0.25, 0.3) is 0 Å². The maximum absolute atomic E-state index is 11.1. The molecule has 0 atom stereocenters. The van der Waals surface area contributed by atoms with Crippen LogP contribution in [0.25, 0.3) is 16.8 Å². The third-order valence-electron chi connectivity index (χ3n) is 2.37. The summed E-state index contributed by atoms with van der Waals surface area (Å²) in [5, 5.41) is 10.6. The van der Waals surface area contributed by atoms with Crippen LogP contribution in [-0.2, 0) is 0 Å². The van der Waals surface area contributed by atoms with E-state index in [4.69, 9.17) is 5.11 Å². The van der Waals surface area contributed by atoms with Crippen molar-refractivity contribution >= 4 is 16.8 Å². The maximum Gasteiger partial charge on any atom is 0.248 e. The van der Waals surface area contributed by atoms with Gasteiger partial charge in [-0.05, 0) is 28.8 Å². The van der Waals surface area contributed by atoms with Crippen molar-refractivity contribution in [3.63, 3.8) is 0 Å². The lowest BCUT2D eigenvalue weighted by Gasteiger charge is -1.98. The number of benzene rings is 1. The van der Waals surface area contributed by atoms with Gasteiger partial charge < -0.3 is 10.1 Å². The lowest BCUT2D eigenvalue weighted by Crippen LogP contribution is -2.01. The molecule has 1 heterocycles. The summed E-state index contributed by atoms with van der Waals surface area (Å²) in [6.45, 7) is 0.156. The van der Waals surface area contributed by atoms with E-state index in [0.29, 0.717) is 6.42 Å². The quantitative estimate of drug-likeness (QED) is 0.821. The normalized spacial score (nSPS) is 11.3. The van der Waals surface area contributed by atoms with Crippen molar-refractivity contribution < 1.29 is 5.11 Å². The number of nitrogens with one attached hydrogen (secondary N) is 1. The van der Waals surface area contributed by atoms with Crippen LogP contribution in [0.15, 0.2) is 41.3 Å². The molecule has 0 unspecified atom stereocenters. The first-order chi connectivity index (χ1) is 7.79. The molecule has 0 radical (unpaired) electrons. The van der Waals surface area contributed by atoms with Crippen molar-refractivity contribution in [3.8, 4) is 0 Å². The van der Waals surface area contributed by atoms with E-state index in [1.54, 1.807) is 12.3 Å². The zero-order chi connectivity index (χ0) is 11.4. The van der Waals surface area contributed by atoms with E-state index in [0.717, 1.165) is 16.3 Å². The Hall–Kier alpha value is -1.87. The van der Waals surface area contributed by atoms with E-state index in [1.165, 1.54) is 0 Å². The third kappa shape index (κ3) is 2.38. The highest BCUT2D eigenvalue weighted by molar-refractivity contribution is 5.83. The van der Waals surface area contributed by atoms with Gasteiger partial charge in [0.1, 0.15) is 0 Å². The largest absolute Gasteiger partial charge is 0.396 e. The summed E-state index contributed by atoms with van der Waals surface area (Å²) >= 11 is 0. The minimum absolute atomic E-state index is 0.0935. The highest BCUT2D eigenvalue weighted by atomic mass is 16.2. The molecule has 1 aromatic heterocycles. The fraction of sp³-hybridized carbons (Fsp3) is 0.154. The molecule has 0 spiro atoms. The van der Waals surface area contributed by atoms with Gasteiger partial charge in [0.15, 0.2) is 0 Å². The van der Waals surface area contributed by atoms with Gasteiger partial charge in [-0.1, -0.05) is 24.3 Å². The van der Waals surface area contributed by atoms with E-state index < -0.39 is 0 Å². The third-order valence-corrected chi connectivity index (χ3v) is 2.37. The van der Waals surface area contributed by atoms with Gasteiger partial charge in [0, 0.05) is 18.9 Å². The number of hydrogen-bond donors (Lipinski definition) is 2. The Kier molecular flexibility index (Phi) is 3.17. The molecule has 0 saturated carbocycles. The van der Waals surface area contributed by atoms with Crippen LogP contribution in [0, 0.1) is 0 Å². The molecule has 2 aromatic rings. The Labute approximate surface area is 93.1 Å². The van der Waals surface area contributed by atoms with Crippen LogP contribution in [0.4, 0.5) is 0 Å². The molecular weight excluding hydrogens is 202 g/mol. The smallest absolute Gasteiger partial charge is 0.248 e. The molecular formula is C13H13NO2. The van der Waals surface area contributed by atoms with E-state index in [2.05, 4.69) is 4.98 Å². The van der Waals surface area contributed by atoms with Gasteiger partial charge in [-0.25, -0.2) is 0 Å². The van der Waals surface area contributed by atoms with Crippen molar-refractivity contribution in [2.45, 2.75) is 6.42 Å². The van der Waals surface area contributed by atoms with Gasteiger partial charge in [0.05, 0.1) is 0 Å². The molecule has 0 bridgehead atoms. The number of pyridine rings is 1. The minimum atomic E-state index is -0.0935. The van der Waals surface area contributed by atoms with Crippen LogP contribution < -0.4 is 5.56 Å². The molecule has 2 N–H and O–H groups in total. The molecule has 0 amide bonds. The van der Waals surface area contributed by atoms with Crippen LogP contribution >= 0.6 is 0 Å². The average molecular weight is 215 g/mol. The van der Waals surface area contributed by atoms with Crippen molar-refractivity contribution in [1.29, 1.82) is 0 Å². The number of aromatic amines is 1. The summed E-state index contributed by atoms with van der Waals surface area (Å²) in [6.07, 6.45) is 6.21. The van der Waals surface area contributed by atoms with Gasteiger partial charge in [-0.3, -0.25) is 4.79 Å². The highest BCUT2D eigenvalue weighted by Crippen LogP contribution is 2.14. The van der Waals surface area contributed by atoms with Gasteiger partial charge >= 0.3 is 0 Å². The summed E-state index contributed by atoms with van der Waals surface area (Å²) in [7, 11) is 0. The molecule has 16 heavy (non-hydrogen) atoms. The average Bonchev–Trinajstić information content (AvgIpc) is 2.29. The molecule has 82 valence electrons. The number of aliphatic hydroxyl groups excluding tert-OH is 1. The van der Waals surface area contributed by atoms with E-state index in [1.807, 2.05) is 30.4 Å². The fourth-order valence-corrected chi connectivity index (χ4v) is 1.58. The van der Waals surface area contributed by atoms with Crippen molar-refractivity contribution in [3.05, 3.63) is 52.5 Å². The summed E-state index contributed by atoms with van der Waals surface area (Å²) in [5.74, 6) is 0. The van der Waals surface area contributed by atoms with E-state index in [9.17, 15) is 4.79 Å². The monoisotopic (exact) mass is 215 g/mol. The predicted octanol–water partition coefficient (Wildman–Crippen LogP) is 1.92. The minimum Gasteiger partial charge on any atom is -0.396 e. The van der Waals surface area contributed by atoms with Crippen LogP contribution in [0.5, 0.6) is 0 Å². The number of rotatable bonds is 3. The number of aromatic nitrogens is 1. The van der Waals surface area contributed by atoms with Crippen LogP contribution in [0.2, 0.25) is 0 Å². The number of H-pyrrole nitrogens is 1. The summed E-state index contributed by atoms with van der Waals surface area (Å²) in [4.78, 5) is 13.8. The second-order valence-electron chi connectivity index (χ2n) is 3.60. The molecule has 0 aliphatic rings. The molecule has 0 fully saturated rings. The SMILES string of the molecule is O=c1cc2cc(C=CCCO)ccc2c[nH]1. The zero-order valence-corrected chi connectivity index (χ0v) is 8.81. The van der Waals surface area contributed by atoms with Crippen LogP contribution in [0.3, 0.4) is 0 Å². The number of aliphatic hydroxyl groups is 1. The van der Waals surface area contributed by atoms with Gasteiger partial charge in [0.2, 0.25) is 5.56 Å². The Morgan fingerprint density at radius 2 is 2.12 bits per heavy atom. The maximum atomic E-state index is 11.1. The molecule has 1 aromatic carbocycles. The molecule has 3 heteroatoms. The first-order valence-electron chi connectivity index (χ1n) is 5.19. The van der Waals surface area contributed by atoms with E-state index >= 15 is 0 Å². The Morgan fingerprint density at radius 3 is 2.94 bits per heavy atom. The lowest BCUT2D eigenvalue weighted by atomic mass is 10.1. The molecule has 0 aliphatic heterocycles. The lowest BCUT2D eigenvalue weighted by molar-refractivity contribution is 0.303. The molecule has 0 aliphatic carbocycles. The number of hydrogen-bond acceptors (Lipinski definition) is 2. The Balaban J connectivity index is 2.39. The number of fused-ring (bicyclic) bond motifs is 1. The van der Waals surface area contributed by atoms with Crippen LogP contribution in [-0.4, -0.2) is 16.7 Å². The standard InChI is InChI=1S/C13H13NO2/c15-6-2-1-3-10-4-5-11-9-14-13(16)8-12(11)7-10/h1,3-5,7-9,15H,2,6H2,(H,14,16). The van der Waals surface area contributed by atoms with Crippen LogP contribution in [0.1, 0.15) is 12.0 Å². The first kappa shape index (κ1) is 10.6.